The lowest BCUT2D eigenvalue weighted by Crippen LogP contribution is -2.23. The summed E-state index contributed by atoms with van der Waals surface area (Å²) in [4.78, 5) is 73.5. The van der Waals surface area contributed by atoms with Crippen LogP contribution in [0.4, 0.5) is 6.01 Å². The molecule has 0 fully saturated rings. The van der Waals surface area contributed by atoms with Crippen LogP contribution < -0.4 is 5.73 Å². The van der Waals surface area contributed by atoms with E-state index in [2.05, 4.69) is 39.1 Å². The molecule has 14 heteroatoms. The average Bonchev–Trinajstić information content (AvgIpc) is 1.85. The summed E-state index contributed by atoms with van der Waals surface area (Å²) < 4.78 is 10.4. The van der Waals surface area contributed by atoms with Crippen LogP contribution in [0.2, 0.25) is 0 Å². The monoisotopic (exact) mass is 1320 g/mol. The molecule has 0 saturated carbocycles. The van der Waals surface area contributed by atoms with Crippen molar-refractivity contribution in [3.05, 3.63) is 288 Å². The molecule has 1 aromatic heterocycles. The first-order chi connectivity index (χ1) is 45.3. The number of Topliss-reactive ketones (excluding diaryl/α,β-unsaturated/α-hetero) is 5. The Morgan fingerprint density at radius 3 is 1.19 bits per heavy atom. The maximum Gasteiger partial charge on any atom is 0.303 e. The standard InChI is InChI=1S/C15H14O3.C14H12N2O.C13H11BrO.2C13H12O2.C13H12O.B/c1-10(18-11(2)16)15(17)14-9-5-7-12-6-3-4-8-13(12)14;1-9-13(17-14(15)16-9)12-8-4-6-10-5-2-3-7-11(10)12;3*1-9(14)13(15)12-8-4-6-10-5-2-3-7-11(10)12;1-2-13(14)12-9-5-7-10-6-3-4-8-11(10)12;/h3-10H,1-2H3;2-8H,1H3,(H2,15,16);2-9H,1H3;2-8,13,15H,1H3;2-9,14H,1H3;3-9H,2H2,1H3;. The van der Waals surface area contributed by atoms with E-state index in [1.54, 1.807) is 25.1 Å². The van der Waals surface area contributed by atoms with Gasteiger partial charge >= 0.3 is 5.97 Å². The van der Waals surface area contributed by atoms with Gasteiger partial charge in [-0.1, -0.05) is 278 Å². The van der Waals surface area contributed by atoms with Crippen molar-refractivity contribution in [1.29, 1.82) is 0 Å². The molecule has 0 aliphatic carbocycles. The molecule has 0 aliphatic rings. The van der Waals surface area contributed by atoms with Crippen LogP contribution in [0.15, 0.2) is 259 Å². The van der Waals surface area contributed by atoms with Gasteiger partial charge in [0.25, 0.3) is 6.01 Å². The molecule has 1 heterocycles. The van der Waals surface area contributed by atoms with Gasteiger partial charge in [0.2, 0.25) is 5.78 Å². The number of anilines is 1. The minimum absolute atomic E-state index is 0. The molecule has 0 saturated heterocycles. The fourth-order valence-corrected chi connectivity index (χ4v) is 11.0. The zero-order valence-electron chi connectivity index (χ0n) is 53.9. The number of nitrogens with two attached hydrogens (primary N) is 1. The van der Waals surface area contributed by atoms with Crippen molar-refractivity contribution in [2.75, 3.05) is 5.73 Å². The second kappa shape index (κ2) is 34.4. The molecule has 13 rings (SSSR count). The summed E-state index contributed by atoms with van der Waals surface area (Å²) >= 11 is 3.31. The highest BCUT2D eigenvalue weighted by Crippen LogP contribution is 2.33. The van der Waals surface area contributed by atoms with Gasteiger partial charge in [-0.25, -0.2) is 0 Å². The number of aryl methyl sites for hydroxylation is 1. The summed E-state index contributed by atoms with van der Waals surface area (Å²) in [6.45, 7) is 11.4. The number of fused-ring (bicyclic) bond motifs is 6. The van der Waals surface area contributed by atoms with E-state index in [4.69, 9.17) is 14.9 Å². The van der Waals surface area contributed by atoms with Crippen molar-refractivity contribution in [3.8, 4) is 11.3 Å². The first-order valence-corrected chi connectivity index (χ1v) is 31.6. The molecule has 0 bridgehead atoms. The minimum atomic E-state index is -1.02. The number of rotatable bonds is 12. The first kappa shape index (κ1) is 71.9. The maximum absolute atomic E-state index is 12.2. The van der Waals surface area contributed by atoms with Gasteiger partial charge in [0.05, 0.1) is 10.5 Å². The quantitative estimate of drug-likeness (QED) is 0.0452. The highest BCUT2D eigenvalue weighted by Gasteiger charge is 2.21. The molecule has 0 aliphatic heterocycles. The molecule has 4 N–H and O–H groups in total. The zero-order valence-corrected chi connectivity index (χ0v) is 55.5. The van der Waals surface area contributed by atoms with E-state index >= 15 is 0 Å². The number of oxazole rings is 1. The Morgan fingerprint density at radius 1 is 0.463 bits per heavy atom. The van der Waals surface area contributed by atoms with Crippen LogP contribution >= 0.6 is 15.9 Å². The van der Waals surface area contributed by atoms with Crippen LogP contribution in [0.1, 0.15) is 107 Å². The third-order valence-corrected chi connectivity index (χ3v) is 15.8. The number of carbonyl (C=O) groups excluding carboxylic acids is 6. The number of hydrogen-bond acceptors (Lipinski definition) is 12. The lowest BCUT2D eigenvalue weighted by molar-refractivity contribution is -0.143. The Morgan fingerprint density at radius 2 is 0.800 bits per heavy atom. The van der Waals surface area contributed by atoms with Gasteiger partial charge in [-0.05, 0) is 105 Å². The fraction of sp³-hybridized carbons (Fsp3) is 0.148. The van der Waals surface area contributed by atoms with Crippen LogP contribution in [0, 0.1) is 6.92 Å². The summed E-state index contributed by atoms with van der Waals surface area (Å²) in [6.07, 6.45) is -2.16. The largest absolute Gasteiger partial charge is 0.454 e. The number of carbonyl (C=O) groups is 6. The van der Waals surface area contributed by atoms with Crippen molar-refractivity contribution in [2.45, 2.75) is 78.0 Å². The van der Waals surface area contributed by atoms with E-state index in [0.717, 1.165) is 87.4 Å². The van der Waals surface area contributed by atoms with Crippen molar-refractivity contribution < 1.29 is 48.1 Å². The molecular weight excluding hydrogens is 1250 g/mol. The number of benzene rings is 12. The molecule has 4 unspecified atom stereocenters. The number of hydrogen-bond donors (Lipinski definition) is 3. The van der Waals surface area contributed by atoms with Crippen molar-refractivity contribution >= 4 is 130 Å². The molecule has 12 aromatic carbocycles. The van der Waals surface area contributed by atoms with Gasteiger partial charge < -0.3 is 25.1 Å². The van der Waals surface area contributed by atoms with Gasteiger partial charge in [-0.15, -0.1) is 0 Å². The molecule has 12 nitrogen and oxygen atoms in total. The highest BCUT2D eigenvalue weighted by atomic mass is 79.9. The van der Waals surface area contributed by atoms with Gasteiger partial charge in [0.1, 0.15) is 12.2 Å². The molecule has 95 heavy (non-hydrogen) atoms. The number of aliphatic hydroxyl groups excluding tert-OH is 2. The lowest BCUT2D eigenvalue weighted by Gasteiger charge is -2.12. The Labute approximate surface area is 563 Å². The van der Waals surface area contributed by atoms with Crippen LogP contribution in [-0.2, 0) is 14.3 Å². The predicted molar refractivity (Wildman–Crippen MR) is 389 cm³/mol. The minimum Gasteiger partial charge on any atom is -0.454 e. The number of nitrogen functional groups attached to an aromatic ring is 1. The smallest absolute Gasteiger partial charge is 0.303 e. The third-order valence-electron chi connectivity index (χ3n) is 15.4. The summed E-state index contributed by atoms with van der Waals surface area (Å²) in [5, 5.41) is 31.4. The zero-order chi connectivity index (χ0) is 67.4. The number of ketones is 5. The molecule has 13 aromatic rings. The average molecular weight is 1330 g/mol. The van der Waals surface area contributed by atoms with Gasteiger partial charge in [0, 0.05) is 49.6 Å². The van der Waals surface area contributed by atoms with Crippen molar-refractivity contribution in [2.24, 2.45) is 0 Å². The van der Waals surface area contributed by atoms with E-state index in [0.29, 0.717) is 23.1 Å². The van der Waals surface area contributed by atoms with Gasteiger partial charge in [-0.2, -0.15) is 4.98 Å². The molecule has 477 valence electrons. The number of alkyl halides is 1. The van der Waals surface area contributed by atoms with E-state index in [9.17, 15) is 39.0 Å². The Balaban J connectivity index is 0.000000161. The van der Waals surface area contributed by atoms with Crippen molar-refractivity contribution in [3.63, 3.8) is 0 Å². The predicted octanol–water partition coefficient (Wildman–Crippen LogP) is 18.1. The summed E-state index contributed by atoms with van der Waals surface area (Å²) in [7, 11) is 0. The number of aromatic nitrogens is 1. The third kappa shape index (κ3) is 18.4. The van der Waals surface area contributed by atoms with Gasteiger partial charge in [0.15, 0.2) is 35.0 Å². The Hall–Kier alpha value is -10.5. The van der Waals surface area contributed by atoms with E-state index in [-0.39, 0.29) is 48.2 Å². The highest BCUT2D eigenvalue weighted by molar-refractivity contribution is 9.10. The van der Waals surface area contributed by atoms with Gasteiger partial charge in [-0.3, -0.25) is 28.8 Å². The summed E-state index contributed by atoms with van der Waals surface area (Å²) in [5.74, 6) is 0.00383. The molecule has 4 atom stereocenters. The molecule has 3 radical (unpaired) electrons. The maximum atomic E-state index is 12.2. The number of ether oxygens (including phenoxy) is 1. The number of halogens is 1. The Kier molecular flexibility index (Phi) is 26.1. The number of nitrogens with zero attached hydrogens (tertiary/aromatic N) is 1. The topological polar surface area (TPSA) is 204 Å². The fourth-order valence-electron chi connectivity index (χ4n) is 10.7. The molecule has 0 amide bonds. The molecular formula is C81H73BBrN2O10. The lowest BCUT2D eigenvalue weighted by atomic mass is 9.99. The van der Waals surface area contributed by atoms with Crippen LogP contribution in [0.5, 0.6) is 0 Å². The summed E-state index contributed by atoms with van der Waals surface area (Å²) in [5.41, 5.74) is 10.9. The van der Waals surface area contributed by atoms with E-state index < -0.39 is 24.3 Å². The van der Waals surface area contributed by atoms with Crippen LogP contribution in [-0.4, -0.2) is 75.5 Å². The normalized spacial score (nSPS) is 11.8. The van der Waals surface area contributed by atoms with E-state index in [1.807, 2.05) is 239 Å². The number of aliphatic hydroxyl groups is 2. The first-order valence-electron chi connectivity index (χ1n) is 30.7. The number of esters is 1. The molecule has 0 spiro atoms. The second-order valence-corrected chi connectivity index (χ2v) is 23.5. The van der Waals surface area contributed by atoms with Crippen molar-refractivity contribution in [1.82, 2.24) is 4.98 Å². The SMILES string of the molecule is CC(=O)C(O)c1cccc2ccccc12.CC(=O)OC(C)C(=O)c1cccc2ccccc12.CC(Br)C(=O)c1cccc2ccccc12.CC(O)C(=O)c1cccc2ccccc12.CCC(=O)c1cccc2ccccc12.Cc1nc(N)oc1-c1cccc2ccccc12.[B]. The second-order valence-electron chi connectivity index (χ2n) is 22.1. The van der Waals surface area contributed by atoms with Crippen LogP contribution in [0.25, 0.3) is 76.0 Å². The van der Waals surface area contributed by atoms with Crippen LogP contribution in [0.3, 0.4) is 0 Å². The Bertz CT molecular complexity index is 4720. The summed E-state index contributed by atoms with van der Waals surface area (Å²) in [6, 6.07) is 81.8. The van der Waals surface area contributed by atoms with E-state index in [1.165, 1.54) is 26.2 Å².